The summed E-state index contributed by atoms with van der Waals surface area (Å²) in [6.07, 6.45) is 6.80. The minimum Gasteiger partial charge on any atom is -0.392 e. The predicted octanol–water partition coefficient (Wildman–Crippen LogP) is 3.08. The molecule has 0 saturated heterocycles. The maximum Gasteiger partial charge on any atom is 0.248 e. The van der Waals surface area contributed by atoms with E-state index in [4.69, 9.17) is 5.11 Å². The highest BCUT2D eigenvalue weighted by Gasteiger charge is 2.01. The van der Waals surface area contributed by atoms with Gasteiger partial charge in [0.05, 0.1) is 19.3 Å². The Morgan fingerprint density at radius 3 is 2.72 bits per heavy atom. The molecule has 0 saturated carbocycles. The van der Waals surface area contributed by atoms with Gasteiger partial charge in [0.1, 0.15) is 0 Å². The van der Waals surface area contributed by atoms with Gasteiger partial charge < -0.3 is 10.4 Å². The summed E-state index contributed by atoms with van der Waals surface area (Å²) >= 11 is 0. The van der Waals surface area contributed by atoms with Crippen LogP contribution < -0.4 is 5.32 Å². The average Bonchev–Trinajstić information content (AvgIpc) is 3.08. The van der Waals surface area contributed by atoms with Crippen LogP contribution in [0.2, 0.25) is 0 Å². The highest BCUT2D eigenvalue weighted by atomic mass is 16.3. The van der Waals surface area contributed by atoms with E-state index in [1.807, 2.05) is 41.2 Å². The minimum absolute atomic E-state index is 0.0554. The fourth-order valence-corrected chi connectivity index (χ4v) is 2.43. The van der Waals surface area contributed by atoms with Crippen molar-refractivity contribution in [2.45, 2.75) is 13.2 Å². The van der Waals surface area contributed by atoms with Crippen molar-refractivity contribution in [3.8, 4) is 0 Å². The lowest BCUT2D eigenvalue weighted by atomic mass is 10.2. The van der Waals surface area contributed by atoms with Crippen molar-refractivity contribution in [2.75, 3.05) is 5.32 Å². The SMILES string of the molecule is O=C(/C=C/c1cnn(Cc2ccccc2)c1)Nc1cccc(CO)c1. The summed E-state index contributed by atoms with van der Waals surface area (Å²) in [5.74, 6) is -0.231. The number of hydrogen-bond donors (Lipinski definition) is 2. The molecule has 0 spiro atoms. The van der Waals surface area contributed by atoms with E-state index in [0.717, 1.165) is 11.1 Å². The Balaban J connectivity index is 1.59. The summed E-state index contributed by atoms with van der Waals surface area (Å²) in [6.45, 7) is 0.634. The molecule has 0 unspecified atom stereocenters. The fraction of sp³-hybridized carbons (Fsp3) is 0.100. The number of carbonyl (C=O) groups excluding carboxylic acids is 1. The molecule has 0 fully saturated rings. The van der Waals surface area contributed by atoms with Crippen molar-refractivity contribution in [3.05, 3.63) is 89.8 Å². The molecule has 5 heteroatoms. The van der Waals surface area contributed by atoms with Crippen molar-refractivity contribution in [3.63, 3.8) is 0 Å². The summed E-state index contributed by atoms with van der Waals surface area (Å²) in [5, 5.41) is 16.2. The molecule has 3 aromatic rings. The standard InChI is InChI=1S/C20H19N3O2/c24-15-17-7-4-8-19(11-17)22-20(25)10-9-18-12-21-23(14-18)13-16-5-2-1-3-6-16/h1-12,14,24H,13,15H2,(H,22,25)/b10-9+. The summed E-state index contributed by atoms with van der Waals surface area (Å²) in [6, 6.07) is 17.2. The van der Waals surface area contributed by atoms with Gasteiger partial charge in [0.2, 0.25) is 5.91 Å². The van der Waals surface area contributed by atoms with Gasteiger partial charge in [-0.15, -0.1) is 0 Å². The van der Waals surface area contributed by atoms with Gasteiger partial charge in [-0.2, -0.15) is 5.10 Å². The zero-order chi connectivity index (χ0) is 17.5. The lowest BCUT2D eigenvalue weighted by molar-refractivity contribution is -0.111. The Morgan fingerprint density at radius 1 is 1.12 bits per heavy atom. The van der Waals surface area contributed by atoms with Crippen LogP contribution in [-0.2, 0) is 17.9 Å². The van der Waals surface area contributed by atoms with E-state index in [-0.39, 0.29) is 12.5 Å². The van der Waals surface area contributed by atoms with Gasteiger partial charge in [-0.3, -0.25) is 9.48 Å². The summed E-state index contributed by atoms with van der Waals surface area (Å²) < 4.78 is 1.83. The number of rotatable bonds is 6. The lowest BCUT2D eigenvalue weighted by Crippen LogP contribution is -2.07. The molecule has 0 aliphatic carbocycles. The third kappa shape index (κ3) is 4.89. The number of aliphatic hydroxyl groups is 1. The van der Waals surface area contributed by atoms with E-state index in [9.17, 15) is 4.79 Å². The zero-order valence-electron chi connectivity index (χ0n) is 13.7. The molecular formula is C20H19N3O2. The summed E-state index contributed by atoms with van der Waals surface area (Å²) in [7, 11) is 0. The number of benzene rings is 2. The number of hydrogen-bond acceptors (Lipinski definition) is 3. The molecule has 0 atom stereocenters. The first-order chi connectivity index (χ1) is 12.2. The fourth-order valence-electron chi connectivity index (χ4n) is 2.43. The van der Waals surface area contributed by atoms with Crippen molar-refractivity contribution >= 4 is 17.7 Å². The number of aromatic nitrogens is 2. The van der Waals surface area contributed by atoms with Crippen LogP contribution in [0.1, 0.15) is 16.7 Å². The van der Waals surface area contributed by atoms with Crippen molar-refractivity contribution in [1.82, 2.24) is 9.78 Å². The highest BCUT2D eigenvalue weighted by Crippen LogP contribution is 2.11. The molecule has 2 aromatic carbocycles. The Labute approximate surface area is 146 Å². The molecule has 0 radical (unpaired) electrons. The van der Waals surface area contributed by atoms with Gasteiger partial charge in [-0.05, 0) is 29.3 Å². The van der Waals surface area contributed by atoms with E-state index >= 15 is 0 Å². The third-order valence-corrected chi connectivity index (χ3v) is 3.64. The molecule has 1 amide bonds. The molecule has 25 heavy (non-hydrogen) atoms. The van der Waals surface area contributed by atoms with Crippen LogP contribution in [0.3, 0.4) is 0 Å². The van der Waals surface area contributed by atoms with Crippen molar-refractivity contribution < 1.29 is 9.90 Å². The third-order valence-electron chi connectivity index (χ3n) is 3.64. The van der Waals surface area contributed by atoms with Gasteiger partial charge in [0.15, 0.2) is 0 Å². The molecule has 0 aliphatic heterocycles. The number of nitrogens with zero attached hydrogens (tertiary/aromatic N) is 2. The second-order valence-corrected chi connectivity index (χ2v) is 5.64. The van der Waals surface area contributed by atoms with Crippen LogP contribution >= 0.6 is 0 Å². The van der Waals surface area contributed by atoms with Gasteiger partial charge in [-0.1, -0.05) is 42.5 Å². The van der Waals surface area contributed by atoms with Crippen molar-refractivity contribution in [1.29, 1.82) is 0 Å². The van der Waals surface area contributed by atoms with Crippen LogP contribution in [0.5, 0.6) is 0 Å². The monoisotopic (exact) mass is 333 g/mol. The molecule has 126 valence electrons. The minimum atomic E-state index is -0.231. The normalized spacial score (nSPS) is 10.9. The van der Waals surface area contributed by atoms with Crippen LogP contribution in [-0.4, -0.2) is 20.8 Å². The first-order valence-corrected chi connectivity index (χ1v) is 7.98. The quantitative estimate of drug-likeness (QED) is 0.681. The molecule has 3 rings (SSSR count). The number of carbonyl (C=O) groups is 1. The van der Waals surface area contributed by atoms with Crippen LogP contribution in [0.15, 0.2) is 73.1 Å². The van der Waals surface area contributed by atoms with Gasteiger partial charge in [0, 0.05) is 23.5 Å². The number of anilines is 1. The first-order valence-electron chi connectivity index (χ1n) is 7.98. The smallest absolute Gasteiger partial charge is 0.248 e. The molecule has 1 heterocycles. The lowest BCUT2D eigenvalue weighted by Gasteiger charge is -2.03. The van der Waals surface area contributed by atoms with Crippen molar-refractivity contribution in [2.24, 2.45) is 0 Å². The average molecular weight is 333 g/mol. The van der Waals surface area contributed by atoms with Crippen LogP contribution in [0, 0.1) is 0 Å². The molecule has 0 aliphatic rings. The van der Waals surface area contributed by atoms with Crippen LogP contribution in [0.25, 0.3) is 6.08 Å². The zero-order valence-corrected chi connectivity index (χ0v) is 13.7. The second kappa shape index (κ2) is 8.08. The highest BCUT2D eigenvalue weighted by molar-refractivity contribution is 6.01. The van der Waals surface area contributed by atoms with E-state index < -0.39 is 0 Å². The molecule has 2 N–H and O–H groups in total. The second-order valence-electron chi connectivity index (χ2n) is 5.64. The maximum absolute atomic E-state index is 12.0. The topological polar surface area (TPSA) is 67.2 Å². The molecular weight excluding hydrogens is 314 g/mol. The van der Waals surface area contributed by atoms with Gasteiger partial charge >= 0.3 is 0 Å². The Kier molecular flexibility index (Phi) is 5.39. The molecule has 1 aromatic heterocycles. The largest absolute Gasteiger partial charge is 0.392 e. The summed E-state index contributed by atoms with van der Waals surface area (Å²) in [4.78, 5) is 12.0. The maximum atomic E-state index is 12.0. The molecule has 5 nitrogen and oxygen atoms in total. The van der Waals surface area contributed by atoms with Gasteiger partial charge in [-0.25, -0.2) is 0 Å². The van der Waals surface area contributed by atoms with E-state index in [2.05, 4.69) is 10.4 Å². The number of aliphatic hydroxyl groups excluding tert-OH is 1. The van der Waals surface area contributed by atoms with E-state index in [0.29, 0.717) is 12.2 Å². The predicted molar refractivity (Wildman–Crippen MR) is 97.8 cm³/mol. The van der Waals surface area contributed by atoms with E-state index in [1.165, 1.54) is 11.6 Å². The Bertz CT molecular complexity index is 869. The summed E-state index contributed by atoms with van der Waals surface area (Å²) in [5.41, 5.74) is 3.43. The number of amides is 1. The molecule has 0 bridgehead atoms. The van der Waals surface area contributed by atoms with Crippen LogP contribution in [0.4, 0.5) is 5.69 Å². The van der Waals surface area contributed by atoms with E-state index in [1.54, 1.807) is 36.5 Å². The Morgan fingerprint density at radius 2 is 1.92 bits per heavy atom. The first kappa shape index (κ1) is 16.7. The number of nitrogens with one attached hydrogen (secondary N) is 1. The van der Waals surface area contributed by atoms with Gasteiger partial charge in [0.25, 0.3) is 0 Å². The Hall–Kier alpha value is -3.18.